The SMILES string of the molecule is CN=C(NCCc1cc(C)ccc1OC)NCc1ccccc1CN1CCOCC1.I. The Morgan fingerprint density at radius 2 is 1.81 bits per heavy atom. The van der Waals surface area contributed by atoms with Crippen LogP contribution in [0.25, 0.3) is 0 Å². The van der Waals surface area contributed by atoms with Crippen LogP contribution in [-0.2, 0) is 24.2 Å². The van der Waals surface area contributed by atoms with Crippen molar-refractivity contribution in [3.8, 4) is 5.75 Å². The Morgan fingerprint density at radius 3 is 2.52 bits per heavy atom. The molecule has 3 rings (SSSR count). The number of ether oxygens (including phenoxy) is 2. The van der Waals surface area contributed by atoms with Crippen molar-refractivity contribution in [2.45, 2.75) is 26.4 Å². The normalized spacial score (nSPS) is 14.6. The lowest BCUT2D eigenvalue weighted by Gasteiger charge is -2.27. The number of nitrogens with one attached hydrogen (secondary N) is 2. The van der Waals surface area contributed by atoms with E-state index in [4.69, 9.17) is 9.47 Å². The van der Waals surface area contributed by atoms with E-state index in [1.165, 1.54) is 22.3 Å². The second-order valence-electron chi connectivity index (χ2n) is 7.58. The third-order valence-electron chi connectivity index (χ3n) is 5.41. The first-order valence-corrected chi connectivity index (χ1v) is 10.6. The van der Waals surface area contributed by atoms with E-state index in [0.717, 1.165) is 64.1 Å². The fourth-order valence-corrected chi connectivity index (χ4v) is 3.70. The molecule has 0 unspecified atom stereocenters. The van der Waals surface area contributed by atoms with Gasteiger partial charge in [0.2, 0.25) is 0 Å². The van der Waals surface area contributed by atoms with Crippen molar-refractivity contribution in [3.05, 3.63) is 64.7 Å². The van der Waals surface area contributed by atoms with E-state index in [0.29, 0.717) is 0 Å². The lowest BCUT2D eigenvalue weighted by molar-refractivity contribution is 0.0341. The van der Waals surface area contributed by atoms with Crippen LogP contribution in [0.3, 0.4) is 0 Å². The van der Waals surface area contributed by atoms with Gasteiger partial charge in [0, 0.05) is 39.8 Å². The number of benzene rings is 2. The lowest BCUT2D eigenvalue weighted by atomic mass is 10.1. The molecule has 2 aromatic carbocycles. The molecule has 0 atom stereocenters. The third-order valence-corrected chi connectivity index (χ3v) is 5.41. The van der Waals surface area contributed by atoms with E-state index in [1.807, 2.05) is 13.1 Å². The molecule has 0 aromatic heterocycles. The molecule has 1 saturated heterocycles. The van der Waals surface area contributed by atoms with Crippen LogP contribution in [0, 0.1) is 6.92 Å². The summed E-state index contributed by atoms with van der Waals surface area (Å²) in [5.74, 6) is 1.74. The smallest absolute Gasteiger partial charge is 0.191 e. The molecule has 1 heterocycles. The molecule has 2 N–H and O–H groups in total. The minimum atomic E-state index is 0. The average Bonchev–Trinajstić information content (AvgIpc) is 2.78. The van der Waals surface area contributed by atoms with Crippen molar-refractivity contribution in [1.82, 2.24) is 15.5 Å². The molecule has 0 bridgehead atoms. The molecule has 6 nitrogen and oxygen atoms in total. The molecule has 1 aliphatic heterocycles. The van der Waals surface area contributed by atoms with E-state index in [1.54, 1.807) is 7.11 Å². The average molecular weight is 538 g/mol. The van der Waals surface area contributed by atoms with Crippen molar-refractivity contribution in [3.63, 3.8) is 0 Å². The van der Waals surface area contributed by atoms with E-state index in [2.05, 4.69) is 63.8 Å². The number of halogens is 1. The predicted octanol–water partition coefficient (Wildman–Crippen LogP) is 3.36. The van der Waals surface area contributed by atoms with E-state index in [9.17, 15) is 0 Å². The summed E-state index contributed by atoms with van der Waals surface area (Å²) < 4.78 is 10.9. The van der Waals surface area contributed by atoms with Gasteiger partial charge in [0.15, 0.2) is 5.96 Å². The van der Waals surface area contributed by atoms with E-state index in [-0.39, 0.29) is 24.0 Å². The molecular formula is C24H35IN4O2. The van der Waals surface area contributed by atoms with Crippen molar-refractivity contribution < 1.29 is 9.47 Å². The van der Waals surface area contributed by atoms with Crippen LogP contribution in [0.1, 0.15) is 22.3 Å². The van der Waals surface area contributed by atoms with Crippen molar-refractivity contribution >= 4 is 29.9 Å². The number of methoxy groups -OCH3 is 1. The number of aryl methyl sites for hydroxylation is 1. The Morgan fingerprint density at radius 1 is 1.06 bits per heavy atom. The highest BCUT2D eigenvalue weighted by Crippen LogP contribution is 2.19. The summed E-state index contributed by atoms with van der Waals surface area (Å²) in [5, 5.41) is 6.87. The molecule has 0 saturated carbocycles. The minimum Gasteiger partial charge on any atom is -0.496 e. The van der Waals surface area contributed by atoms with Gasteiger partial charge in [-0.2, -0.15) is 0 Å². The molecule has 0 amide bonds. The first-order chi connectivity index (χ1) is 14.7. The number of hydrogen-bond donors (Lipinski definition) is 2. The maximum absolute atomic E-state index is 5.48. The highest BCUT2D eigenvalue weighted by molar-refractivity contribution is 14.0. The molecule has 170 valence electrons. The molecular weight excluding hydrogens is 503 g/mol. The van der Waals surface area contributed by atoms with Gasteiger partial charge in [-0.25, -0.2) is 0 Å². The molecule has 31 heavy (non-hydrogen) atoms. The summed E-state index contributed by atoms with van der Waals surface area (Å²) in [6.45, 7) is 8.22. The van der Waals surface area contributed by atoms with Gasteiger partial charge in [0.05, 0.1) is 20.3 Å². The first kappa shape index (κ1) is 25.4. The summed E-state index contributed by atoms with van der Waals surface area (Å²) in [7, 11) is 3.53. The Labute approximate surface area is 203 Å². The van der Waals surface area contributed by atoms with Gasteiger partial charge in [-0.3, -0.25) is 9.89 Å². The topological polar surface area (TPSA) is 58.1 Å². The summed E-state index contributed by atoms with van der Waals surface area (Å²) in [6.07, 6.45) is 0.874. The molecule has 0 radical (unpaired) electrons. The van der Waals surface area contributed by atoms with Gasteiger partial charge < -0.3 is 20.1 Å². The first-order valence-electron chi connectivity index (χ1n) is 10.6. The number of aliphatic imine (C=N–C) groups is 1. The Hall–Kier alpha value is -1.84. The van der Waals surface area contributed by atoms with Crippen molar-refractivity contribution in [1.29, 1.82) is 0 Å². The van der Waals surface area contributed by atoms with Crippen molar-refractivity contribution in [2.75, 3.05) is 47.0 Å². The maximum atomic E-state index is 5.48. The largest absolute Gasteiger partial charge is 0.496 e. The zero-order chi connectivity index (χ0) is 21.2. The lowest BCUT2D eigenvalue weighted by Crippen LogP contribution is -2.38. The summed E-state index contributed by atoms with van der Waals surface area (Å²) in [4.78, 5) is 6.83. The highest BCUT2D eigenvalue weighted by Gasteiger charge is 2.13. The second-order valence-corrected chi connectivity index (χ2v) is 7.58. The van der Waals surface area contributed by atoms with Gasteiger partial charge >= 0.3 is 0 Å². The zero-order valence-electron chi connectivity index (χ0n) is 18.8. The van der Waals surface area contributed by atoms with E-state index >= 15 is 0 Å². The quantitative estimate of drug-likeness (QED) is 0.307. The number of nitrogens with zero attached hydrogens (tertiary/aromatic N) is 2. The van der Waals surface area contributed by atoms with E-state index < -0.39 is 0 Å². The molecule has 0 spiro atoms. The minimum absolute atomic E-state index is 0. The Bertz CT molecular complexity index is 838. The molecule has 1 fully saturated rings. The van der Waals surface area contributed by atoms with Crippen LogP contribution in [0.15, 0.2) is 47.5 Å². The fraction of sp³-hybridized carbons (Fsp3) is 0.458. The molecule has 0 aliphatic carbocycles. The maximum Gasteiger partial charge on any atom is 0.191 e. The summed E-state index contributed by atoms with van der Waals surface area (Å²) in [6, 6.07) is 14.9. The number of rotatable bonds is 8. The summed E-state index contributed by atoms with van der Waals surface area (Å²) in [5.41, 5.74) is 5.10. The Balaban J connectivity index is 0.00000341. The monoisotopic (exact) mass is 538 g/mol. The number of hydrogen-bond acceptors (Lipinski definition) is 4. The van der Waals surface area contributed by atoms with Crippen LogP contribution < -0.4 is 15.4 Å². The van der Waals surface area contributed by atoms with Crippen molar-refractivity contribution in [2.24, 2.45) is 4.99 Å². The third kappa shape index (κ3) is 7.97. The van der Waals surface area contributed by atoms with Gasteiger partial charge in [0.1, 0.15) is 5.75 Å². The van der Waals surface area contributed by atoms with Gasteiger partial charge in [0.25, 0.3) is 0 Å². The molecule has 7 heteroatoms. The van der Waals surface area contributed by atoms with Crippen LogP contribution in [-0.4, -0.2) is 57.9 Å². The zero-order valence-corrected chi connectivity index (χ0v) is 21.1. The Kier molecular flexibility index (Phi) is 11.1. The van der Waals surface area contributed by atoms with Gasteiger partial charge in [-0.05, 0) is 36.1 Å². The van der Waals surface area contributed by atoms with Gasteiger partial charge in [-0.15, -0.1) is 24.0 Å². The fourth-order valence-electron chi connectivity index (χ4n) is 3.70. The second kappa shape index (κ2) is 13.5. The molecule has 2 aromatic rings. The van der Waals surface area contributed by atoms with Gasteiger partial charge in [-0.1, -0.05) is 42.0 Å². The number of morpholine rings is 1. The standard InChI is InChI=1S/C24H34N4O2.HI/c1-19-8-9-23(29-3)20(16-19)10-11-26-24(25-2)27-17-21-6-4-5-7-22(21)18-28-12-14-30-15-13-28;/h4-9,16H,10-15,17-18H2,1-3H3,(H2,25,26,27);1H. The van der Waals surface area contributed by atoms with Crippen LogP contribution in [0.2, 0.25) is 0 Å². The highest BCUT2D eigenvalue weighted by atomic mass is 127. The number of guanidine groups is 1. The predicted molar refractivity (Wildman–Crippen MR) is 138 cm³/mol. The van der Waals surface area contributed by atoms with Crippen LogP contribution in [0.5, 0.6) is 5.75 Å². The summed E-state index contributed by atoms with van der Waals surface area (Å²) >= 11 is 0. The van der Waals surface area contributed by atoms with Crippen LogP contribution in [0.4, 0.5) is 0 Å². The van der Waals surface area contributed by atoms with Crippen LogP contribution >= 0.6 is 24.0 Å². The molecule has 1 aliphatic rings.